The molecule has 1 saturated carbocycles. The van der Waals surface area contributed by atoms with Crippen molar-refractivity contribution in [1.82, 2.24) is 4.90 Å². The number of nitrogens with zero attached hydrogens (tertiary/aromatic N) is 2. The maximum absolute atomic E-state index is 12.2. The van der Waals surface area contributed by atoms with Crippen LogP contribution < -0.4 is 5.73 Å². The second-order valence-electron chi connectivity index (χ2n) is 4.38. The minimum Gasteiger partial charge on any atom is -0.409 e. The maximum Gasteiger partial charge on any atom is 0.236 e. The molecule has 0 atom stereocenters. The standard InChI is InChI=1S/C10H19N3O3/c1-7(2)13(5-6-14)9(15)10(3-4-10)8(11)12-16/h7,14,16H,3-6H2,1-2H3,(H2,11,12). The SMILES string of the molecule is CC(C)N(CCO)C(=O)C1(C(N)=NO)CC1. The molecule has 1 aliphatic carbocycles. The minimum atomic E-state index is -0.825. The first-order valence-corrected chi connectivity index (χ1v) is 5.39. The van der Waals surface area contributed by atoms with Gasteiger partial charge in [-0.25, -0.2) is 0 Å². The largest absolute Gasteiger partial charge is 0.409 e. The van der Waals surface area contributed by atoms with Crippen molar-refractivity contribution < 1.29 is 15.1 Å². The second-order valence-corrected chi connectivity index (χ2v) is 4.38. The highest BCUT2D eigenvalue weighted by Gasteiger charge is 2.56. The smallest absolute Gasteiger partial charge is 0.236 e. The molecule has 0 unspecified atom stereocenters. The third-order valence-corrected chi connectivity index (χ3v) is 2.98. The third kappa shape index (κ3) is 2.11. The van der Waals surface area contributed by atoms with Crippen molar-refractivity contribution in [2.24, 2.45) is 16.3 Å². The van der Waals surface area contributed by atoms with Gasteiger partial charge in [0.05, 0.1) is 6.61 Å². The average molecular weight is 229 g/mol. The Bertz CT molecular complexity index is 298. The molecule has 0 radical (unpaired) electrons. The van der Waals surface area contributed by atoms with E-state index in [1.165, 1.54) is 0 Å². The molecule has 1 fully saturated rings. The highest BCUT2D eigenvalue weighted by atomic mass is 16.4. The van der Waals surface area contributed by atoms with Gasteiger partial charge in [0.15, 0.2) is 5.84 Å². The highest BCUT2D eigenvalue weighted by Crippen LogP contribution is 2.47. The maximum atomic E-state index is 12.2. The summed E-state index contributed by atoms with van der Waals surface area (Å²) in [7, 11) is 0. The predicted octanol–water partition coefficient (Wildman–Crippen LogP) is -0.258. The Labute approximate surface area is 94.7 Å². The lowest BCUT2D eigenvalue weighted by atomic mass is 10.0. The summed E-state index contributed by atoms with van der Waals surface area (Å²) in [6, 6.07) is -0.0105. The first kappa shape index (κ1) is 12.8. The summed E-state index contributed by atoms with van der Waals surface area (Å²) in [6.07, 6.45) is 1.22. The lowest BCUT2D eigenvalue weighted by molar-refractivity contribution is -0.136. The number of aliphatic hydroxyl groups is 1. The third-order valence-electron chi connectivity index (χ3n) is 2.98. The number of aliphatic hydroxyl groups excluding tert-OH is 1. The van der Waals surface area contributed by atoms with Crippen LogP contribution in [0.4, 0.5) is 0 Å². The molecule has 92 valence electrons. The summed E-state index contributed by atoms with van der Waals surface area (Å²) in [5, 5.41) is 20.5. The summed E-state index contributed by atoms with van der Waals surface area (Å²) >= 11 is 0. The Morgan fingerprint density at radius 2 is 2.12 bits per heavy atom. The van der Waals surface area contributed by atoms with E-state index in [1.807, 2.05) is 13.8 Å². The van der Waals surface area contributed by atoms with E-state index in [2.05, 4.69) is 5.16 Å². The Morgan fingerprint density at radius 3 is 2.44 bits per heavy atom. The van der Waals surface area contributed by atoms with Gasteiger partial charge >= 0.3 is 0 Å². The van der Waals surface area contributed by atoms with Crippen molar-refractivity contribution in [2.75, 3.05) is 13.2 Å². The fraction of sp³-hybridized carbons (Fsp3) is 0.800. The first-order chi connectivity index (χ1) is 7.49. The molecule has 0 heterocycles. The van der Waals surface area contributed by atoms with Gasteiger partial charge in [0, 0.05) is 12.6 Å². The van der Waals surface area contributed by atoms with E-state index in [4.69, 9.17) is 16.0 Å². The van der Waals surface area contributed by atoms with E-state index < -0.39 is 5.41 Å². The molecule has 0 saturated heterocycles. The lowest BCUT2D eigenvalue weighted by Crippen LogP contribution is -2.47. The number of oxime groups is 1. The van der Waals surface area contributed by atoms with Gasteiger partial charge in [-0.3, -0.25) is 4.79 Å². The van der Waals surface area contributed by atoms with Crippen LogP contribution in [0.1, 0.15) is 26.7 Å². The van der Waals surface area contributed by atoms with Crippen molar-refractivity contribution in [3.63, 3.8) is 0 Å². The average Bonchev–Trinajstić information content (AvgIpc) is 3.04. The molecule has 0 bridgehead atoms. The summed E-state index contributed by atoms with van der Waals surface area (Å²) in [5.74, 6) is -0.187. The molecule has 1 amide bonds. The fourth-order valence-electron chi connectivity index (χ4n) is 1.78. The van der Waals surface area contributed by atoms with Crippen LogP contribution in [0.2, 0.25) is 0 Å². The van der Waals surface area contributed by atoms with Crippen molar-refractivity contribution in [3.8, 4) is 0 Å². The summed E-state index contributed by atoms with van der Waals surface area (Å²) in [5.41, 5.74) is 4.71. The molecule has 0 aromatic carbocycles. The number of carbonyl (C=O) groups excluding carboxylic acids is 1. The molecular weight excluding hydrogens is 210 g/mol. The van der Waals surface area contributed by atoms with Gasteiger partial charge in [0.2, 0.25) is 5.91 Å². The number of amides is 1. The summed E-state index contributed by atoms with van der Waals surface area (Å²) in [6.45, 7) is 3.93. The molecule has 0 aromatic heterocycles. The van der Waals surface area contributed by atoms with Gasteiger partial charge in [0.25, 0.3) is 0 Å². The van der Waals surface area contributed by atoms with E-state index in [0.717, 1.165) is 0 Å². The lowest BCUT2D eigenvalue weighted by Gasteiger charge is -2.29. The highest BCUT2D eigenvalue weighted by molar-refractivity contribution is 6.09. The molecule has 1 rings (SSSR count). The Balaban J connectivity index is 2.83. The molecule has 4 N–H and O–H groups in total. The molecule has 6 heteroatoms. The van der Waals surface area contributed by atoms with Gasteiger partial charge in [-0.15, -0.1) is 0 Å². The second kappa shape index (κ2) is 4.69. The van der Waals surface area contributed by atoms with E-state index in [-0.39, 0.29) is 30.9 Å². The summed E-state index contributed by atoms with van der Waals surface area (Å²) < 4.78 is 0. The Hall–Kier alpha value is -1.30. The van der Waals surface area contributed by atoms with Gasteiger partial charge in [0.1, 0.15) is 5.41 Å². The number of hydrogen-bond acceptors (Lipinski definition) is 4. The normalized spacial score (nSPS) is 18.6. The topological polar surface area (TPSA) is 99.2 Å². The van der Waals surface area contributed by atoms with Crippen molar-refractivity contribution in [1.29, 1.82) is 0 Å². The van der Waals surface area contributed by atoms with Gasteiger partial charge in [-0.2, -0.15) is 0 Å². The first-order valence-electron chi connectivity index (χ1n) is 5.39. The quantitative estimate of drug-likeness (QED) is 0.262. The number of amidine groups is 1. The summed E-state index contributed by atoms with van der Waals surface area (Å²) in [4.78, 5) is 13.8. The van der Waals surface area contributed by atoms with E-state index in [1.54, 1.807) is 4.90 Å². The van der Waals surface area contributed by atoms with Crippen LogP contribution in [0.5, 0.6) is 0 Å². The zero-order chi connectivity index (χ0) is 12.3. The molecule has 16 heavy (non-hydrogen) atoms. The molecule has 6 nitrogen and oxygen atoms in total. The monoisotopic (exact) mass is 229 g/mol. The van der Waals surface area contributed by atoms with Crippen LogP contribution in [0.15, 0.2) is 5.16 Å². The zero-order valence-electron chi connectivity index (χ0n) is 9.68. The molecule has 0 aliphatic heterocycles. The van der Waals surface area contributed by atoms with Crippen LogP contribution in [-0.4, -0.2) is 46.1 Å². The number of carbonyl (C=O) groups is 1. The van der Waals surface area contributed by atoms with Crippen molar-refractivity contribution >= 4 is 11.7 Å². The van der Waals surface area contributed by atoms with Crippen LogP contribution >= 0.6 is 0 Å². The number of hydrogen-bond donors (Lipinski definition) is 3. The van der Waals surface area contributed by atoms with Crippen LogP contribution in [0.25, 0.3) is 0 Å². The van der Waals surface area contributed by atoms with Crippen LogP contribution in [-0.2, 0) is 4.79 Å². The van der Waals surface area contributed by atoms with Gasteiger partial charge in [-0.05, 0) is 26.7 Å². The fourth-order valence-corrected chi connectivity index (χ4v) is 1.78. The molecular formula is C10H19N3O3. The van der Waals surface area contributed by atoms with Gasteiger partial charge in [-0.1, -0.05) is 5.16 Å². The molecule has 0 spiro atoms. The van der Waals surface area contributed by atoms with Crippen LogP contribution in [0, 0.1) is 5.41 Å². The Kier molecular flexibility index (Phi) is 3.74. The van der Waals surface area contributed by atoms with E-state index in [9.17, 15) is 4.79 Å². The molecule has 1 aliphatic rings. The predicted molar refractivity (Wildman–Crippen MR) is 59.0 cm³/mol. The number of rotatable bonds is 5. The van der Waals surface area contributed by atoms with Gasteiger partial charge < -0.3 is 20.9 Å². The zero-order valence-corrected chi connectivity index (χ0v) is 9.68. The van der Waals surface area contributed by atoms with Crippen molar-refractivity contribution in [3.05, 3.63) is 0 Å². The van der Waals surface area contributed by atoms with E-state index >= 15 is 0 Å². The Morgan fingerprint density at radius 1 is 1.56 bits per heavy atom. The van der Waals surface area contributed by atoms with E-state index in [0.29, 0.717) is 12.8 Å². The molecule has 0 aromatic rings. The number of nitrogens with two attached hydrogens (primary N) is 1. The minimum absolute atomic E-state index is 0.0105. The van der Waals surface area contributed by atoms with Crippen molar-refractivity contribution in [2.45, 2.75) is 32.7 Å². The van der Waals surface area contributed by atoms with Crippen LogP contribution in [0.3, 0.4) is 0 Å².